The second-order valence-electron chi connectivity index (χ2n) is 19.8. The van der Waals surface area contributed by atoms with Gasteiger partial charge in [0.1, 0.15) is 11.7 Å². The first-order chi connectivity index (χ1) is 36.4. The standard InChI is InChI=1S/C69H66N4S/c1-7-11-12-13-14-37-67(70-46(5)49-38-40-50(41-39-49)54-28-16-15-25-48(54)9-3)71-47(6)72-64-43-42-53(73-62(10-4)57(24-8-2)58-29-17-19-34-63(58)73)45-61(64)59-33-22-32-56(69(59)72)52-27-21-26-51(44-52)55-31-23-36-66-68(55)60-30-18-20-35-65(60)74-66/h7-8,13-14,16-24,26-36,38-41,44-46H,1,9-12,15,25,37,42-43H2,2-6H3/b14-13-,24-8-,70-67?,71-47?. The maximum absolute atomic E-state index is 5.61. The number of benzene rings is 6. The van der Waals surface area contributed by atoms with E-state index in [-0.39, 0.29) is 6.04 Å². The number of hydrogen-bond donors (Lipinski definition) is 0. The Morgan fingerprint density at radius 2 is 1.49 bits per heavy atom. The topological polar surface area (TPSA) is 34.6 Å². The Kier molecular flexibility index (Phi) is 14.1. The third-order valence-electron chi connectivity index (χ3n) is 15.3. The summed E-state index contributed by atoms with van der Waals surface area (Å²) in [5, 5.41) is 5.16. The van der Waals surface area contributed by atoms with Gasteiger partial charge in [-0.25, -0.2) is 4.99 Å². The average molecular weight is 983 g/mol. The molecule has 0 bridgehead atoms. The fraction of sp³-hybridized carbons (Fsp3) is 0.217. The van der Waals surface area contributed by atoms with E-state index >= 15 is 0 Å². The van der Waals surface area contributed by atoms with Crippen LogP contribution in [0.15, 0.2) is 192 Å². The molecule has 0 radical (unpaired) electrons. The van der Waals surface area contributed by atoms with Gasteiger partial charge in [0.15, 0.2) is 0 Å². The van der Waals surface area contributed by atoms with Crippen LogP contribution in [-0.2, 0) is 12.8 Å². The summed E-state index contributed by atoms with van der Waals surface area (Å²) >= 11 is 1.87. The summed E-state index contributed by atoms with van der Waals surface area (Å²) in [5.74, 6) is 1.74. The van der Waals surface area contributed by atoms with Crippen molar-refractivity contribution in [2.45, 2.75) is 98.4 Å². The van der Waals surface area contributed by atoms with E-state index in [1.165, 1.54) is 115 Å². The largest absolute Gasteiger partial charge is 0.317 e. The number of thiophene rings is 1. The molecule has 0 amide bonds. The van der Waals surface area contributed by atoms with Crippen molar-refractivity contribution in [3.05, 3.63) is 216 Å². The van der Waals surface area contributed by atoms with Gasteiger partial charge in [0.05, 0.1) is 17.1 Å². The van der Waals surface area contributed by atoms with Crippen LogP contribution in [0.2, 0.25) is 0 Å². The Morgan fingerprint density at radius 1 is 0.743 bits per heavy atom. The highest BCUT2D eigenvalue weighted by Crippen LogP contribution is 2.44. The van der Waals surface area contributed by atoms with E-state index < -0.39 is 0 Å². The molecule has 0 spiro atoms. The predicted molar refractivity (Wildman–Crippen MR) is 324 cm³/mol. The van der Waals surface area contributed by atoms with Crippen LogP contribution >= 0.6 is 11.3 Å². The van der Waals surface area contributed by atoms with Gasteiger partial charge in [-0.1, -0.05) is 171 Å². The van der Waals surface area contributed by atoms with Gasteiger partial charge in [0.25, 0.3) is 0 Å². The first-order valence-electron chi connectivity index (χ1n) is 26.9. The lowest BCUT2D eigenvalue weighted by molar-refractivity contribution is 0.813. The number of allylic oxidation sites excluding steroid dienone is 8. The van der Waals surface area contributed by atoms with Crippen molar-refractivity contribution in [3.8, 4) is 22.3 Å². The number of rotatable bonds is 14. The zero-order valence-electron chi connectivity index (χ0n) is 43.7. The van der Waals surface area contributed by atoms with Gasteiger partial charge in [-0.15, -0.1) is 17.9 Å². The van der Waals surface area contributed by atoms with Crippen molar-refractivity contribution in [3.63, 3.8) is 0 Å². The summed E-state index contributed by atoms with van der Waals surface area (Å²) in [7, 11) is 0. The van der Waals surface area contributed by atoms with Crippen LogP contribution in [0, 0.1) is 0 Å². The van der Waals surface area contributed by atoms with Crippen molar-refractivity contribution < 1.29 is 0 Å². The molecule has 5 heteroatoms. The predicted octanol–water partition coefficient (Wildman–Crippen LogP) is 19.7. The molecule has 0 aliphatic heterocycles. The van der Waals surface area contributed by atoms with Gasteiger partial charge in [-0.2, -0.15) is 0 Å². The van der Waals surface area contributed by atoms with Crippen LogP contribution in [0.5, 0.6) is 0 Å². The summed E-state index contributed by atoms with van der Waals surface area (Å²) in [6, 6.07) is 49.6. The molecular weight excluding hydrogens is 917 g/mol. The molecular formula is C69H66N4S. The number of para-hydroxylation sites is 2. The van der Waals surface area contributed by atoms with Gasteiger partial charge in [0, 0.05) is 71.1 Å². The Hall–Kier alpha value is -7.60. The van der Waals surface area contributed by atoms with Crippen LogP contribution < -0.4 is 0 Å². The molecule has 3 heterocycles. The Bertz CT molecular complexity index is 3830. The van der Waals surface area contributed by atoms with Crippen molar-refractivity contribution in [1.82, 2.24) is 9.13 Å². The minimum atomic E-state index is -0.0841. The van der Waals surface area contributed by atoms with E-state index in [9.17, 15) is 0 Å². The normalized spacial score (nSPS) is 14.9. The molecule has 368 valence electrons. The summed E-state index contributed by atoms with van der Waals surface area (Å²) in [6.07, 6.45) is 26.6. The van der Waals surface area contributed by atoms with Crippen LogP contribution in [0.1, 0.15) is 119 Å². The highest BCUT2D eigenvalue weighted by molar-refractivity contribution is 7.25. The van der Waals surface area contributed by atoms with Crippen LogP contribution in [-0.4, -0.2) is 20.8 Å². The monoisotopic (exact) mass is 983 g/mol. The molecule has 4 nitrogen and oxygen atoms in total. The number of unbranched alkanes of at least 4 members (excludes halogenated alkanes) is 1. The lowest BCUT2D eigenvalue weighted by Gasteiger charge is -2.21. The van der Waals surface area contributed by atoms with Gasteiger partial charge < -0.3 is 9.13 Å². The van der Waals surface area contributed by atoms with Crippen molar-refractivity contribution in [2.24, 2.45) is 9.98 Å². The second kappa shape index (κ2) is 21.5. The number of fused-ring (bicyclic) bond motifs is 7. The number of amidine groups is 1. The van der Waals surface area contributed by atoms with Crippen LogP contribution in [0.4, 0.5) is 0 Å². The smallest absolute Gasteiger partial charge is 0.129 e. The summed E-state index contributed by atoms with van der Waals surface area (Å²) in [4.78, 5) is 11.1. The number of aromatic nitrogens is 2. The first-order valence-corrected chi connectivity index (χ1v) is 27.7. The molecule has 0 fully saturated rings. The maximum Gasteiger partial charge on any atom is 0.129 e. The van der Waals surface area contributed by atoms with E-state index in [1.54, 1.807) is 0 Å². The molecule has 2 aliphatic carbocycles. The molecule has 2 aliphatic rings. The van der Waals surface area contributed by atoms with Crippen LogP contribution in [0.25, 0.3) is 87.7 Å². The van der Waals surface area contributed by atoms with Gasteiger partial charge in [-0.3, -0.25) is 4.99 Å². The zero-order valence-corrected chi connectivity index (χ0v) is 44.5. The number of hydrogen-bond acceptors (Lipinski definition) is 2. The molecule has 1 atom stereocenters. The number of nitrogens with zero attached hydrogens (tertiary/aromatic N) is 4. The number of aliphatic imine (C=N–C) groups is 2. The summed E-state index contributed by atoms with van der Waals surface area (Å²) in [5.41, 5.74) is 19.2. The molecule has 0 saturated heterocycles. The maximum atomic E-state index is 5.61. The molecule has 9 aromatic rings. The first kappa shape index (κ1) is 48.7. The minimum Gasteiger partial charge on any atom is -0.317 e. The highest BCUT2D eigenvalue weighted by Gasteiger charge is 2.27. The highest BCUT2D eigenvalue weighted by atomic mass is 32.1. The van der Waals surface area contributed by atoms with Gasteiger partial charge in [-0.05, 0) is 136 Å². The Labute approximate surface area is 441 Å². The molecule has 0 saturated carbocycles. The quantitative estimate of drug-likeness (QED) is 0.0450. The molecule has 74 heavy (non-hydrogen) atoms. The Balaban J connectivity index is 1.08. The third-order valence-corrected chi connectivity index (χ3v) is 16.4. The van der Waals surface area contributed by atoms with Gasteiger partial charge >= 0.3 is 0 Å². The van der Waals surface area contributed by atoms with E-state index in [4.69, 9.17) is 9.98 Å². The Morgan fingerprint density at radius 3 is 2.30 bits per heavy atom. The summed E-state index contributed by atoms with van der Waals surface area (Å²) < 4.78 is 7.67. The fourth-order valence-electron chi connectivity index (χ4n) is 11.8. The molecule has 6 aromatic carbocycles. The molecule has 3 aromatic heterocycles. The minimum absolute atomic E-state index is 0.0841. The molecule has 1 unspecified atom stereocenters. The van der Waals surface area contributed by atoms with E-state index in [2.05, 4.69) is 226 Å². The zero-order chi connectivity index (χ0) is 50.7. The lowest BCUT2D eigenvalue weighted by Crippen LogP contribution is -2.16. The lowest BCUT2D eigenvalue weighted by atomic mass is 9.90. The van der Waals surface area contributed by atoms with Crippen molar-refractivity contribution >= 4 is 88.4 Å². The van der Waals surface area contributed by atoms with Gasteiger partial charge in [0.2, 0.25) is 0 Å². The summed E-state index contributed by atoms with van der Waals surface area (Å²) in [6.45, 7) is 15.1. The SMILES string of the molecule is C=CCC/C=C\CC(=NC(C)c1ccc(C2=C(CC)CCC=C2)cc1)N=C(C)n1c2c(c3cccc(-c4cccc(-c5cccc6sc7ccccc7c56)c4)c31)C=C(n1c(CC)c(/C=C\C)c3ccccc31)CC2. The van der Waals surface area contributed by atoms with Crippen molar-refractivity contribution in [1.29, 1.82) is 0 Å². The molecule has 11 rings (SSSR count). The van der Waals surface area contributed by atoms with Crippen LogP contribution in [0.3, 0.4) is 0 Å². The third kappa shape index (κ3) is 9.13. The van der Waals surface area contributed by atoms with E-state index in [0.29, 0.717) is 6.42 Å². The fourth-order valence-corrected chi connectivity index (χ4v) is 12.9. The van der Waals surface area contributed by atoms with E-state index in [1.807, 2.05) is 17.4 Å². The van der Waals surface area contributed by atoms with Crippen molar-refractivity contribution in [2.75, 3.05) is 0 Å². The second-order valence-corrected chi connectivity index (χ2v) is 20.9. The average Bonchev–Trinajstić information content (AvgIpc) is 4.10. The van der Waals surface area contributed by atoms with E-state index in [0.717, 1.165) is 63.0 Å². The molecule has 0 N–H and O–H groups in total.